The minimum atomic E-state index is 0.195. The number of carbonyl (C=O) groups excluding carboxylic acids is 1. The van der Waals surface area contributed by atoms with Gasteiger partial charge in [0.15, 0.2) is 5.78 Å². The summed E-state index contributed by atoms with van der Waals surface area (Å²) in [5.74, 6) is 5.01. The van der Waals surface area contributed by atoms with Gasteiger partial charge in [0.1, 0.15) is 5.52 Å². The monoisotopic (exact) mass is 495 g/mol. The molecule has 3 fully saturated rings. The van der Waals surface area contributed by atoms with Gasteiger partial charge in [-0.2, -0.15) is 5.10 Å². The Balaban J connectivity index is 0.000000861. The van der Waals surface area contributed by atoms with Crippen LogP contribution in [-0.4, -0.2) is 20.5 Å². The summed E-state index contributed by atoms with van der Waals surface area (Å²) < 4.78 is 1.85. The van der Waals surface area contributed by atoms with Crippen LogP contribution in [0.15, 0.2) is 24.7 Å². The van der Waals surface area contributed by atoms with Crippen molar-refractivity contribution >= 4 is 16.7 Å². The van der Waals surface area contributed by atoms with Gasteiger partial charge in [-0.25, -0.2) is 0 Å². The Bertz CT molecular complexity index is 919. The van der Waals surface area contributed by atoms with Crippen molar-refractivity contribution < 1.29 is 4.79 Å². The first-order chi connectivity index (χ1) is 17.5. The molecule has 36 heavy (non-hydrogen) atoms. The lowest BCUT2D eigenvalue weighted by atomic mass is 9.50. The molecule has 2 aromatic rings. The minimum Gasteiger partial charge on any atom is -0.297 e. The summed E-state index contributed by atoms with van der Waals surface area (Å²) in [5.41, 5.74) is 1.07. The molecule has 0 aromatic carbocycles. The first kappa shape index (κ1) is 28.9. The molecule has 3 aliphatic rings. The highest BCUT2D eigenvalue weighted by Crippen LogP contribution is 2.63. The molecule has 4 heteroatoms. The summed E-state index contributed by atoms with van der Waals surface area (Å²) in [6.07, 6.45) is 18.9. The Kier molecular flexibility index (Phi) is 10.6. The smallest absolute Gasteiger partial charge is 0.157 e. The molecule has 0 radical (unpaired) electrons. The standard InChI is InChI=1S/C28H41N3O.2C2H6/c1-4-6-19-8-9-23-22(21(19)7-5-2)12-14-28(3)24(23)10-11-25(28)27(32)18-31-17-20-13-15-29-16-26(20)30-31;2*1-2/h13,15-17,19,21-25H,4-12,14,18H2,1-3H3;2*1-2H3. The summed E-state index contributed by atoms with van der Waals surface area (Å²) in [6.45, 7) is 15.6. The lowest BCUT2D eigenvalue weighted by Crippen LogP contribution is -2.48. The molecule has 7 atom stereocenters. The third-order valence-electron chi connectivity index (χ3n) is 9.86. The molecule has 0 bridgehead atoms. The lowest BCUT2D eigenvalue weighted by Gasteiger charge is -2.54. The van der Waals surface area contributed by atoms with Crippen molar-refractivity contribution in [2.45, 2.75) is 119 Å². The number of rotatable bonds is 7. The maximum absolute atomic E-state index is 13.5. The molecule has 3 aliphatic carbocycles. The van der Waals surface area contributed by atoms with Gasteiger partial charge in [-0.1, -0.05) is 74.1 Å². The van der Waals surface area contributed by atoms with Crippen LogP contribution in [0.3, 0.4) is 0 Å². The number of nitrogens with zero attached hydrogens (tertiary/aromatic N) is 3. The van der Waals surface area contributed by atoms with Crippen LogP contribution < -0.4 is 0 Å². The highest BCUT2D eigenvalue weighted by molar-refractivity contribution is 5.83. The van der Waals surface area contributed by atoms with Crippen LogP contribution in [0, 0.1) is 40.9 Å². The van der Waals surface area contributed by atoms with Crippen molar-refractivity contribution in [3.63, 3.8) is 0 Å². The van der Waals surface area contributed by atoms with Gasteiger partial charge in [-0.3, -0.25) is 14.5 Å². The van der Waals surface area contributed by atoms with E-state index in [1.165, 1.54) is 57.8 Å². The van der Waals surface area contributed by atoms with Gasteiger partial charge in [-0.05, 0) is 79.6 Å². The fraction of sp³-hybridized carbons (Fsp3) is 0.781. The van der Waals surface area contributed by atoms with Crippen LogP contribution in [0.4, 0.5) is 0 Å². The summed E-state index contributed by atoms with van der Waals surface area (Å²) >= 11 is 0. The van der Waals surface area contributed by atoms with E-state index >= 15 is 0 Å². The molecular formula is C32H53N3O. The fourth-order valence-electron chi connectivity index (χ4n) is 8.54. The molecule has 0 aliphatic heterocycles. The predicted octanol–water partition coefficient (Wildman–Crippen LogP) is 8.74. The second-order valence-corrected chi connectivity index (χ2v) is 11.4. The van der Waals surface area contributed by atoms with E-state index in [9.17, 15) is 4.79 Å². The zero-order chi connectivity index (χ0) is 26.3. The van der Waals surface area contributed by atoms with Crippen molar-refractivity contribution in [2.75, 3.05) is 0 Å². The summed E-state index contributed by atoms with van der Waals surface area (Å²) in [6, 6.07) is 1.97. The average Bonchev–Trinajstić information content (AvgIpc) is 3.48. The lowest BCUT2D eigenvalue weighted by molar-refractivity contribution is -0.130. The second kappa shape index (κ2) is 13.2. The number of aromatic nitrogens is 3. The SMILES string of the molecule is CC.CC.CCCC1CCC2C(CCC3(C)C(C(=O)Cn4cc5ccncc5n4)CCC23)C1CCC. The van der Waals surface area contributed by atoms with E-state index < -0.39 is 0 Å². The van der Waals surface area contributed by atoms with E-state index in [1.807, 2.05) is 44.6 Å². The molecule has 0 amide bonds. The van der Waals surface area contributed by atoms with Crippen molar-refractivity contribution in [3.05, 3.63) is 24.7 Å². The van der Waals surface area contributed by atoms with E-state index in [1.54, 1.807) is 12.4 Å². The first-order valence-corrected chi connectivity index (χ1v) is 15.3. The Morgan fingerprint density at radius 1 is 1.00 bits per heavy atom. The Morgan fingerprint density at radius 2 is 1.75 bits per heavy atom. The van der Waals surface area contributed by atoms with Gasteiger partial charge in [0.25, 0.3) is 0 Å². The Labute approximate surface area is 221 Å². The van der Waals surface area contributed by atoms with Gasteiger partial charge in [0.2, 0.25) is 0 Å². The number of pyridine rings is 1. The molecule has 202 valence electrons. The molecule has 2 heterocycles. The van der Waals surface area contributed by atoms with Gasteiger partial charge >= 0.3 is 0 Å². The largest absolute Gasteiger partial charge is 0.297 e. The third-order valence-corrected chi connectivity index (χ3v) is 9.86. The van der Waals surface area contributed by atoms with E-state index in [0.29, 0.717) is 12.3 Å². The quantitative estimate of drug-likeness (QED) is 0.386. The predicted molar refractivity (Wildman–Crippen MR) is 152 cm³/mol. The Hall–Kier alpha value is -1.71. The number of ketones is 1. The van der Waals surface area contributed by atoms with E-state index in [0.717, 1.165) is 46.9 Å². The van der Waals surface area contributed by atoms with Crippen LogP contribution in [0.25, 0.3) is 10.9 Å². The molecule has 0 saturated heterocycles. The number of Topliss-reactive ketones (excluding diaryl/α,β-unsaturated/α-hetero) is 1. The number of fused-ring (bicyclic) bond motifs is 4. The molecule has 5 rings (SSSR count). The molecule has 0 spiro atoms. The van der Waals surface area contributed by atoms with Crippen molar-refractivity contribution in [1.82, 2.24) is 14.8 Å². The minimum absolute atomic E-state index is 0.195. The summed E-state index contributed by atoms with van der Waals surface area (Å²) in [7, 11) is 0. The van der Waals surface area contributed by atoms with E-state index in [2.05, 4.69) is 30.9 Å². The highest BCUT2D eigenvalue weighted by atomic mass is 16.1. The van der Waals surface area contributed by atoms with Crippen LogP contribution >= 0.6 is 0 Å². The maximum Gasteiger partial charge on any atom is 0.157 e. The van der Waals surface area contributed by atoms with Crippen molar-refractivity contribution in [1.29, 1.82) is 0 Å². The number of hydrogen-bond acceptors (Lipinski definition) is 3. The Morgan fingerprint density at radius 3 is 2.44 bits per heavy atom. The van der Waals surface area contributed by atoms with E-state index in [-0.39, 0.29) is 11.3 Å². The zero-order valence-corrected chi connectivity index (χ0v) is 24.3. The topological polar surface area (TPSA) is 47.8 Å². The van der Waals surface area contributed by atoms with Gasteiger partial charge in [0.05, 0.1) is 12.7 Å². The van der Waals surface area contributed by atoms with E-state index in [4.69, 9.17) is 0 Å². The van der Waals surface area contributed by atoms with Crippen LogP contribution in [0.1, 0.15) is 113 Å². The van der Waals surface area contributed by atoms with Crippen LogP contribution in [0.2, 0.25) is 0 Å². The molecule has 0 N–H and O–H groups in total. The first-order valence-electron chi connectivity index (χ1n) is 15.3. The van der Waals surface area contributed by atoms with Gasteiger partial charge < -0.3 is 0 Å². The molecule has 3 saturated carbocycles. The van der Waals surface area contributed by atoms with Crippen molar-refractivity contribution in [2.24, 2.45) is 40.9 Å². The molecule has 4 nitrogen and oxygen atoms in total. The van der Waals surface area contributed by atoms with Gasteiger partial charge in [0, 0.05) is 23.7 Å². The third kappa shape index (κ3) is 5.58. The molecular weight excluding hydrogens is 442 g/mol. The number of hydrogen-bond donors (Lipinski definition) is 0. The number of carbonyl (C=O) groups is 1. The average molecular weight is 496 g/mol. The molecule has 2 aromatic heterocycles. The normalized spacial score (nSPS) is 33.0. The van der Waals surface area contributed by atoms with Gasteiger partial charge in [-0.15, -0.1) is 0 Å². The van der Waals surface area contributed by atoms with Crippen molar-refractivity contribution in [3.8, 4) is 0 Å². The maximum atomic E-state index is 13.5. The second-order valence-electron chi connectivity index (χ2n) is 11.4. The zero-order valence-electron chi connectivity index (χ0n) is 24.3. The summed E-state index contributed by atoms with van der Waals surface area (Å²) in [4.78, 5) is 17.7. The van der Waals surface area contributed by atoms with Crippen LogP contribution in [-0.2, 0) is 11.3 Å². The summed E-state index contributed by atoms with van der Waals surface area (Å²) in [5, 5.41) is 5.67. The fourth-order valence-corrected chi connectivity index (χ4v) is 8.54. The highest BCUT2D eigenvalue weighted by Gasteiger charge is 2.57. The van der Waals surface area contributed by atoms with Crippen LogP contribution in [0.5, 0.6) is 0 Å². The molecule has 7 unspecified atom stereocenters.